The van der Waals surface area contributed by atoms with Gasteiger partial charge in [0, 0.05) is 23.4 Å². The van der Waals surface area contributed by atoms with Crippen LogP contribution in [0.15, 0.2) is 66.7 Å². The summed E-state index contributed by atoms with van der Waals surface area (Å²) in [5.41, 5.74) is 1.97. The average Bonchev–Trinajstić information content (AvgIpc) is 2.98. The standard InChI is InChI=1S/C22H15N3O5/c1-13-4-2-6-16(10-13)24-21(27)18-9-8-14(11-19(18)22(24)28)20(26)23-15-5-3-7-17(12-15)25(29)30/h2-12H,1H3,(H,23,26). The molecule has 3 aromatic carbocycles. The molecule has 0 spiro atoms. The van der Waals surface area contributed by atoms with Gasteiger partial charge in [0.25, 0.3) is 23.4 Å². The van der Waals surface area contributed by atoms with Gasteiger partial charge in [0.05, 0.1) is 21.7 Å². The normalized spacial score (nSPS) is 12.6. The number of amides is 3. The minimum absolute atomic E-state index is 0.133. The highest BCUT2D eigenvalue weighted by Crippen LogP contribution is 2.30. The van der Waals surface area contributed by atoms with E-state index in [0.29, 0.717) is 5.69 Å². The van der Waals surface area contributed by atoms with Gasteiger partial charge in [0.1, 0.15) is 0 Å². The molecule has 3 aromatic rings. The van der Waals surface area contributed by atoms with Gasteiger partial charge < -0.3 is 5.32 Å². The molecule has 0 aromatic heterocycles. The lowest BCUT2D eigenvalue weighted by Crippen LogP contribution is -2.29. The molecule has 1 heterocycles. The number of carbonyl (C=O) groups is 3. The van der Waals surface area contributed by atoms with Crippen LogP contribution in [0, 0.1) is 17.0 Å². The first-order chi connectivity index (χ1) is 14.3. The van der Waals surface area contributed by atoms with Gasteiger partial charge in [-0.2, -0.15) is 0 Å². The lowest BCUT2D eigenvalue weighted by Gasteiger charge is -2.14. The molecule has 30 heavy (non-hydrogen) atoms. The van der Waals surface area contributed by atoms with Crippen molar-refractivity contribution in [2.75, 3.05) is 10.2 Å². The Labute approximate surface area is 170 Å². The van der Waals surface area contributed by atoms with Gasteiger partial charge in [-0.3, -0.25) is 24.5 Å². The summed E-state index contributed by atoms with van der Waals surface area (Å²) >= 11 is 0. The number of fused-ring (bicyclic) bond motifs is 1. The van der Waals surface area contributed by atoms with Crippen LogP contribution in [0.25, 0.3) is 0 Å². The van der Waals surface area contributed by atoms with Crippen LogP contribution in [0.2, 0.25) is 0 Å². The van der Waals surface area contributed by atoms with Crippen molar-refractivity contribution in [1.82, 2.24) is 0 Å². The van der Waals surface area contributed by atoms with E-state index in [-0.39, 0.29) is 28.1 Å². The second kappa shape index (κ2) is 7.25. The zero-order valence-corrected chi connectivity index (χ0v) is 15.8. The summed E-state index contributed by atoms with van der Waals surface area (Å²) in [6.07, 6.45) is 0. The predicted octanol–water partition coefficient (Wildman–Crippen LogP) is 3.96. The Balaban J connectivity index is 1.62. The van der Waals surface area contributed by atoms with Gasteiger partial charge >= 0.3 is 0 Å². The SMILES string of the molecule is Cc1cccc(N2C(=O)c3ccc(C(=O)Nc4cccc([N+](=O)[O-])c4)cc3C2=O)c1. The third kappa shape index (κ3) is 3.30. The van der Waals surface area contributed by atoms with Crippen LogP contribution in [-0.2, 0) is 0 Å². The number of anilines is 2. The number of imide groups is 1. The van der Waals surface area contributed by atoms with Crippen LogP contribution in [0.4, 0.5) is 17.1 Å². The van der Waals surface area contributed by atoms with E-state index in [1.165, 1.54) is 42.5 Å². The fourth-order valence-electron chi connectivity index (χ4n) is 3.28. The number of rotatable bonds is 4. The second-order valence-corrected chi connectivity index (χ2v) is 6.81. The molecule has 0 saturated carbocycles. The number of nitro groups is 1. The van der Waals surface area contributed by atoms with Gasteiger partial charge in [-0.25, -0.2) is 4.90 Å². The first-order valence-electron chi connectivity index (χ1n) is 9.00. The Kier molecular flexibility index (Phi) is 4.59. The van der Waals surface area contributed by atoms with Crippen LogP contribution >= 0.6 is 0 Å². The number of nitro benzene ring substituents is 1. The molecule has 0 unspecified atom stereocenters. The topological polar surface area (TPSA) is 110 Å². The van der Waals surface area contributed by atoms with E-state index in [1.807, 2.05) is 13.0 Å². The van der Waals surface area contributed by atoms with Crippen LogP contribution in [0.3, 0.4) is 0 Å². The van der Waals surface area contributed by atoms with Crippen molar-refractivity contribution in [2.45, 2.75) is 6.92 Å². The van der Waals surface area contributed by atoms with Crippen molar-refractivity contribution in [3.8, 4) is 0 Å². The van der Waals surface area contributed by atoms with E-state index in [9.17, 15) is 24.5 Å². The third-order valence-corrected chi connectivity index (χ3v) is 4.72. The highest BCUT2D eigenvalue weighted by atomic mass is 16.6. The van der Waals surface area contributed by atoms with E-state index in [0.717, 1.165) is 10.5 Å². The van der Waals surface area contributed by atoms with E-state index in [1.54, 1.807) is 18.2 Å². The van der Waals surface area contributed by atoms with Crippen molar-refractivity contribution in [1.29, 1.82) is 0 Å². The van der Waals surface area contributed by atoms with Crippen molar-refractivity contribution in [3.63, 3.8) is 0 Å². The summed E-state index contributed by atoms with van der Waals surface area (Å²) in [6.45, 7) is 1.86. The van der Waals surface area contributed by atoms with Gasteiger partial charge in [-0.1, -0.05) is 18.2 Å². The Morgan fingerprint density at radius 1 is 0.933 bits per heavy atom. The van der Waals surface area contributed by atoms with Crippen LogP contribution in [0.5, 0.6) is 0 Å². The fourth-order valence-corrected chi connectivity index (χ4v) is 3.28. The maximum atomic E-state index is 12.9. The average molecular weight is 401 g/mol. The van der Waals surface area contributed by atoms with Crippen molar-refractivity contribution in [2.24, 2.45) is 0 Å². The minimum atomic E-state index is -0.560. The molecule has 3 amide bonds. The number of hydrogen-bond donors (Lipinski definition) is 1. The van der Waals surface area contributed by atoms with Gasteiger partial charge in [0.2, 0.25) is 0 Å². The fraction of sp³-hybridized carbons (Fsp3) is 0.0455. The number of aryl methyl sites for hydroxylation is 1. The molecule has 4 rings (SSSR count). The van der Waals surface area contributed by atoms with E-state index in [4.69, 9.17) is 0 Å². The molecule has 0 atom stereocenters. The predicted molar refractivity (Wildman–Crippen MR) is 110 cm³/mol. The molecule has 1 aliphatic heterocycles. The van der Waals surface area contributed by atoms with E-state index in [2.05, 4.69) is 5.32 Å². The van der Waals surface area contributed by atoms with Crippen LogP contribution in [-0.4, -0.2) is 22.6 Å². The molecule has 8 nitrogen and oxygen atoms in total. The zero-order chi connectivity index (χ0) is 21.4. The number of hydrogen-bond acceptors (Lipinski definition) is 5. The van der Waals surface area contributed by atoms with E-state index >= 15 is 0 Å². The molecule has 1 N–H and O–H groups in total. The zero-order valence-electron chi connectivity index (χ0n) is 15.8. The quantitative estimate of drug-likeness (QED) is 0.404. The third-order valence-electron chi connectivity index (χ3n) is 4.72. The molecule has 148 valence electrons. The maximum absolute atomic E-state index is 12.9. The Morgan fingerprint density at radius 2 is 1.67 bits per heavy atom. The molecule has 1 aliphatic rings. The Morgan fingerprint density at radius 3 is 2.40 bits per heavy atom. The highest BCUT2D eigenvalue weighted by molar-refractivity contribution is 6.34. The molecular formula is C22H15N3O5. The molecule has 0 aliphatic carbocycles. The van der Waals surface area contributed by atoms with Crippen LogP contribution < -0.4 is 10.2 Å². The summed E-state index contributed by atoms with van der Waals surface area (Å²) < 4.78 is 0. The smallest absolute Gasteiger partial charge is 0.271 e. The summed E-state index contributed by atoms with van der Waals surface area (Å²) in [5, 5.41) is 13.5. The summed E-state index contributed by atoms with van der Waals surface area (Å²) in [5.74, 6) is -1.51. The van der Waals surface area contributed by atoms with Gasteiger partial charge in [-0.15, -0.1) is 0 Å². The molecule has 0 fully saturated rings. The van der Waals surface area contributed by atoms with Crippen molar-refractivity contribution < 1.29 is 19.3 Å². The number of benzene rings is 3. The van der Waals surface area contributed by atoms with Crippen LogP contribution in [0.1, 0.15) is 36.6 Å². The maximum Gasteiger partial charge on any atom is 0.271 e. The molecule has 0 saturated heterocycles. The monoisotopic (exact) mass is 401 g/mol. The molecule has 0 radical (unpaired) electrons. The first-order valence-corrected chi connectivity index (χ1v) is 9.00. The lowest BCUT2D eigenvalue weighted by molar-refractivity contribution is -0.384. The lowest BCUT2D eigenvalue weighted by atomic mass is 10.1. The number of non-ortho nitro benzene ring substituents is 1. The van der Waals surface area contributed by atoms with E-state index < -0.39 is 22.6 Å². The molecule has 8 heteroatoms. The van der Waals surface area contributed by atoms with Crippen molar-refractivity contribution in [3.05, 3.63) is 99.1 Å². The highest BCUT2D eigenvalue weighted by Gasteiger charge is 2.37. The summed E-state index contributed by atoms with van der Waals surface area (Å²) in [6, 6.07) is 16.8. The molecule has 0 bridgehead atoms. The summed E-state index contributed by atoms with van der Waals surface area (Å²) in [7, 11) is 0. The Hall–Kier alpha value is -4.33. The van der Waals surface area contributed by atoms with Gasteiger partial charge in [-0.05, 0) is 48.9 Å². The largest absolute Gasteiger partial charge is 0.322 e. The molecular weight excluding hydrogens is 386 g/mol. The minimum Gasteiger partial charge on any atom is -0.322 e. The number of nitrogens with zero attached hydrogens (tertiary/aromatic N) is 2. The number of carbonyl (C=O) groups excluding carboxylic acids is 3. The van der Waals surface area contributed by atoms with Gasteiger partial charge in [0.15, 0.2) is 0 Å². The second-order valence-electron chi connectivity index (χ2n) is 6.81. The first kappa shape index (κ1) is 19.0. The Bertz CT molecular complexity index is 1230. The van der Waals surface area contributed by atoms with Crippen molar-refractivity contribution >= 4 is 34.8 Å². The number of nitrogens with one attached hydrogen (secondary N) is 1. The summed E-state index contributed by atoms with van der Waals surface area (Å²) in [4.78, 5) is 49.6.